The largest absolute Gasteiger partial charge is 0.378 e. The smallest absolute Gasteiger partial charge is 0.355 e. The Labute approximate surface area is 154 Å². The third-order valence-corrected chi connectivity index (χ3v) is 3.58. The quantitative estimate of drug-likeness (QED) is 0.620. The summed E-state index contributed by atoms with van der Waals surface area (Å²) in [4.78, 5) is 15.7. The zero-order valence-electron chi connectivity index (χ0n) is 15.5. The van der Waals surface area contributed by atoms with Crippen molar-refractivity contribution in [3.05, 3.63) is 59.7 Å². The molecule has 0 unspecified atom stereocenters. The predicted octanol–water partition coefficient (Wildman–Crippen LogP) is 2.49. The van der Waals surface area contributed by atoms with Crippen LogP contribution in [0.15, 0.2) is 58.7 Å². The number of anilines is 2. The summed E-state index contributed by atoms with van der Waals surface area (Å²) in [5, 5.41) is 7.79. The first-order valence-electron chi connectivity index (χ1n) is 8.12. The topological polar surface area (TPSA) is 72.3 Å². The van der Waals surface area contributed by atoms with Crippen molar-refractivity contribution >= 4 is 29.8 Å². The molecule has 0 aliphatic carbocycles. The monoisotopic (exact) mass is 352 g/mol. The molecule has 2 rings (SSSR count). The van der Waals surface area contributed by atoms with E-state index in [1.807, 2.05) is 86.5 Å². The van der Waals surface area contributed by atoms with Gasteiger partial charge in [0, 0.05) is 39.6 Å². The minimum atomic E-state index is -0.507. The van der Waals surface area contributed by atoms with Crippen molar-refractivity contribution in [1.29, 1.82) is 0 Å². The van der Waals surface area contributed by atoms with E-state index in [9.17, 15) is 4.79 Å². The van der Waals surface area contributed by atoms with Crippen molar-refractivity contribution in [3.63, 3.8) is 0 Å². The van der Waals surface area contributed by atoms with Crippen LogP contribution in [0.4, 0.5) is 16.2 Å². The first kappa shape index (κ1) is 19.0. The van der Waals surface area contributed by atoms with Crippen LogP contribution in [0.3, 0.4) is 0 Å². The lowest BCUT2D eigenvalue weighted by Crippen LogP contribution is -2.28. The van der Waals surface area contributed by atoms with Crippen molar-refractivity contribution in [2.45, 2.75) is 0 Å². The molecule has 0 aromatic heterocycles. The lowest BCUT2D eigenvalue weighted by Gasteiger charge is -2.11. The van der Waals surface area contributed by atoms with E-state index in [4.69, 9.17) is 0 Å². The zero-order chi connectivity index (χ0) is 18.9. The fraction of sp³-hybridized carbons (Fsp3) is 0.211. The summed E-state index contributed by atoms with van der Waals surface area (Å²) in [6.45, 7) is 0. The average molecular weight is 352 g/mol. The maximum absolute atomic E-state index is 11.6. The van der Waals surface area contributed by atoms with Gasteiger partial charge < -0.3 is 9.80 Å². The van der Waals surface area contributed by atoms with Crippen LogP contribution in [0.5, 0.6) is 0 Å². The number of urea groups is 1. The van der Waals surface area contributed by atoms with E-state index in [0.717, 1.165) is 22.5 Å². The van der Waals surface area contributed by atoms with Gasteiger partial charge in [-0.25, -0.2) is 15.6 Å². The van der Waals surface area contributed by atoms with Crippen LogP contribution in [0.1, 0.15) is 11.1 Å². The lowest BCUT2D eigenvalue weighted by molar-refractivity contribution is 0.242. The Kier molecular flexibility index (Phi) is 6.73. The van der Waals surface area contributed by atoms with E-state index in [-0.39, 0.29) is 0 Å². The van der Waals surface area contributed by atoms with Crippen LogP contribution in [0.2, 0.25) is 0 Å². The molecule has 0 saturated carbocycles. The third kappa shape index (κ3) is 5.94. The first-order valence-corrected chi connectivity index (χ1v) is 8.12. The summed E-state index contributed by atoms with van der Waals surface area (Å²) < 4.78 is 0. The maximum atomic E-state index is 11.6. The Hall–Kier alpha value is -3.35. The van der Waals surface area contributed by atoms with Crippen molar-refractivity contribution in [1.82, 2.24) is 10.9 Å². The average Bonchev–Trinajstić information content (AvgIpc) is 2.62. The first-order chi connectivity index (χ1) is 12.5. The van der Waals surface area contributed by atoms with Crippen molar-refractivity contribution < 1.29 is 4.79 Å². The Morgan fingerprint density at radius 2 is 1.08 bits per heavy atom. The molecule has 0 aliphatic rings. The lowest BCUT2D eigenvalue weighted by atomic mass is 10.2. The number of amides is 2. The van der Waals surface area contributed by atoms with E-state index in [1.54, 1.807) is 12.4 Å². The summed E-state index contributed by atoms with van der Waals surface area (Å²) in [5.74, 6) is 0. The highest BCUT2D eigenvalue weighted by molar-refractivity contribution is 5.84. The second kappa shape index (κ2) is 9.22. The van der Waals surface area contributed by atoms with Crippen LogP contribution in [0.25, 0.3) is 0 Å². The minimum absolute atomic E-state index is 0.507. The molecule has 26 heavy (non-hydrogen) atoms. The number of nitrogens with zero attached hydrogens (tertiary/aromatic N) is 4. The molecule has 0 bridgehead atoms. The minimum Gasteiger partial charge on any atom is -0.378 e. The molecule has 0 saturated heterocycles. The van der Waals surface area contributed by atoms with Crippen molar-refractivity contribution in [2.24, 2.45) is 10.2 Å². The normalized spacial score (nSPS) is 10.9. The number of rotatable bonds is 6. The fourth-order valence-electron chi connectivity index (χ4n) is 2.07. The standard InChI is InChI=1S/C19H24N6O/c1-24(2)17-9-5-15(6-10-17)13-20-22-19(26)23-21-14-16-7-11-18(12-8-16)25(3)4/h5-14H,1-4H3,(H2,22,23,26)/b20-13-,21-14+. The van der Waals surface area contributed by atoms with Gasteiger partial charge in [0.15, 0.2) is 0 Å². The Bertz CT molecular complexity index is 698. The van der Waals surface area contributed by atoms with E-state index in [1.165, 1.54) is 0 Å². The predicted molar refractivity (Wildman–Crippen MR) is 108 cm³/mol. The molecule has 7 nitrogen and oxygen atoms in total. The van der Waals surface area contributed by atoms with Gasteiger partial charge in [-0.3, -0.25) is 0 Å². The molecule has 0 spiro atoms. The van der Waals surface area contributed by atoms with E-state index < -0.39 is 6.03 Å². The molecule has 136 valence electrons. The van der Waals surface area contributed by atoms with Gasteiger partial charge in [-0.1, -0.05) is 24.3 Å². The second-order valence-corrected chi connectivity index (χ2v) is 6.04. The molecule has 0 atom stereocenters. The molecule has 2 N–H and O–H groups in total. The van der Waals surface area contributed by atoms with Gasteiger partial charge >= 0.3 is 6.03 Å². The van der Waals surface area contributed by atoms with E-state index in [0.29, 0.717) is 0 Å². The van der Waals surface area contributed by atoms with Gasteiger partial charge in [-0.15, -0.1) is 0 Å². The number of nitrogens with one attached hydrogen (secondary N) is 2. The van der Waals surface area contributed by atoms with Crippen LogP contribution in [0, 0.1) is 0 Å². The number of carbonyl (C=O) groups excluding carboxylic acids is 1. The molecule has 0 aliphatic heterocycles. The maximum Gasteiger partial charge on any atom is 0.355 e. The van der Waals surface area contributed by atoms with Gasteiger partial charge in [0.2, 0.25) is 0 Å². The summed E-state index contributed by atoms with van der Waals surface area (Å²) >= 11 is 0. The van der Waals surface area contributed by atoms with E-state index >= 15 is 0 Å². The summed E-state index contributed by atoms with van der Waals surface area (Å²) in [5.41, 5.74) is 8.71. The van der Waals surface area contributed by atoms with Gasteiger partial charge in [-0.2, -0.15) is 10.2 Å². The molecule has 0 heterocycles. The molecular formula is C19H24N6O. The van der Waals surface area contributed by atoms with Crippen molar-refractivity contribution in [3.8, 4) is 0 Å². The number of benzene rings is 2. The Balaban J connectivity index is 1.79. The highest BCUT2D eigenvalue weighted by Gasteiger charge is 1.97. The molecule has 0 fully saturated rings. The summed E-state index contributed by atoms with van der Waals surface area (Å²) in [7, 11) is 7.91. The second-order valence-electron chi connectivity index (χ2n) is 6.04. The molecule has 2 amide bonds. The molecule has 0 radical (unpaired) electrons. The molecule has 2 aromatic carbocycles. The van der Waals surface area contributed by atoms with Gasteiger partial charge in [0.1, 0.15) is 0 Å². The third-order valence-electron chi connectivity index (χ3n) is 3.58. The van der Waals surface area contributed by atoms with Gasteiger partial charge in [-0.05, 0) is 35.4 Å². The van der Waals surface area contributed by atoms with Gasteiger partial charge in [0.25, 0.3) is 0 Å². The number of carbonyl (C=O) groups is 1. The van der Waals surface area contributed by atoms with Crippen LogP contribution in [-0.2, 0) is 0 Å². The van der Waals surface area contributed by atoms with E-state index in [2.05, 4.69) is 21.1 Å². The van der Waals surface area contributed by atoms with Gasteiger partial charge in [0.05, 0.1) is 12.4 Å². The van der Waals surface area contributed by atoms with Crippen molar-refractivity contribution in [2.75, 3.05) is 38.0 Å². The highest BCUT2D eigenvalue weighted by atomic mass is 16.2. The summed E-state index contributed by atoms with van der Waals surface area (Å²) in [6.07, 6.45) is 3.14. The number of hydrogen-bond acceptors (Lipinski definition) is 5. The fourth-order valence-corrected chi connectivity index (χ4v) is 2.07. The molecular weight excluding hydrogens is 328 g/mol. The molecule has 7 heteroatoms. The van der Waals surface area contributed by atoms with Crippen LogP contribution < -0.4 is 20.7 Å². The highest BCUT2D eigenvalue weighted by Crippen LogP contribution is 2.11. The molecule has 2 aromatic rings. The zero-order valence-corrected chi connectivity index (χ0v) is 15.5. The van der Waals surface area contributed by atoms with Crippen LogP contribution in [-0.4, -0.2) is 46.7 Å². The Morgan fingerprint density at radius 3 is 1.38 bits per heavy atom. The summed E-state index contributed by atoms with van der Waals surface area (Å²) in [6, 6.07) is 15.1. The Morgan fingerprint density at radius 1 is 0.731 bits per heavy atom. The number of hydrogen-bond donors (Lipinski definition) is 2. The van der Waals surface area contributed by atoms with Crippen LogP contribution >= 0.6 is 0 Å². The number of hydrazone groups is 2. The SMILES string of the molecule is CN(C)c1ccc(/C=N\NC(=O)N/N=C/c2ccc(N(C)C)cc2)cc1.